The first-order chi connectivity index (χ1) is 23.3. The van der Waals surface area contributed by atoms with E-state index in [1.54, 1.807) is 0 Å². The third kappa shape index (κ3) is 2.76. The molecule has 1 spiro atoms. The highest BCUT2D eigenvalue weighted by atomic mass is 32.1. The van der Waals surface area contributed by atoms with Crippen molar-refractivity contribution in [3.63, 3.8) is 0 Å². The second-order valence-corrected chi connectivity index (χ2v) is 14.2. The first-order valence-electron chi connectivity index (χ1n) is 16.4. The number of hydrogen-bond acceptors (Lipinski definition) is 1. The third-order valence-electron chi connectivity index (χ3n) is 11.2. The maximum Gasteiger partial charge on any atom is 0.109 e. The van der Waals surface area contributed by atoms with E-state index in [1.165, 1.54) is 103 Å². The predicted octanol–water partition coefficient (Wildman–Crippen LogP) is 12.1. The molecule has 0 unspecified atom stereocenters. The van der Waals surface area contributed by atoms with Gasteiger partial charge in [0.15, 0.2) is 0 Å². The van der Waals surface area contributed by atoms with Crippen LogP contribution in [0, 0.1) is 0 Å². The number of rotatable bonds is 1. The zero-order chi connectivity index (χ0) is 30.4. The number of pyridine rings is 1. The summed E-state index contributed by atoms with van der Waals surface area (Å²) < 4.78 is 2.54. The molecule has 0 amide bonds. The Bertz CT molecular complexity index is 2910. The SMILES string of the molecule is c1ccc2c(c1)-c1ccccc1C21c2ccccc2-c2ccc(-c3cc4c5cccc6ccc7c8ccccc8n(c4s3)c7c65)cc21. The molecule has 0 saturated heterocycles. The second-order valence-electron chi connectivity index (χ2n) is 13.2. The molecule has 0 N–H and O–H groups in total. The lowest BCUT2D eigenvalue weighted by molar-refractivity contribution is 0.794. The standard InChI is InChI=1S/C45H25NS/c1-5-16-36-28(11-1)29-12-2-6-17-37(29)45(36)38-18-7-3-13-30(38)31-22-21-27(24-39(31)45)41-25-35-33-15-9-10-26-20-23-34-32-14-4-8-19-40(32)46(44(35)47-41)43(34)42(26)33/h1-25H. The molecule has 3 aromatic heterocycles. The summed E-state index contributed by atoms with van der Waals surface area (Å²) in [5.41, 5.74) is 14.5. The van der Waals surface area contributed by atoms with Crippen molar-refractivity contribution < 1.29 is 0 Å². The lowest BCUT2D eigenvalue weighted by atomic mass is 9.70. The van der Waals surface area contributed by atoms with Crippen LogP contribution in [-0.4, -0.2) is 4.40 Å². The molecule has 2 heteroatoms. The number of nitrogens with zero attached hydrogens (tertiary/aromatic N) is 1. The molecule has 1 nitrogen and oxygen atoms in total. The van der Waals surface area contributed by atoms with E-state index < -0.39 is 0 Å². The summed E-state index contributed by atoms with van der Waals surface area (Å²) in [4.78, 5) is 2.62. The molecule has 0 bridgehead atoms. The highest BCUT2D eigenvalue weighted by Gasteiger charge is 2.51. The molecule has 2 aliphatic rings. The van der Waals surface area contributed by atoms with Gasteiger partial charge >= 0.3 is 0 Å². The van der Waals surface area contributed by atoms with E-state index in [0.717, 1.165) is 0 Å². The quantitative estimate of drug-likeness (QED) is 0.174. The van der Waals surface area contributed by atoms with Crippen LogP contribution in [0.4, 0.5) is 0 Å². The van der Waals surface area contributed by atoms with Gasteiger partial charge in [-0.3, -0.25) is 4.40 Å². The van der Waals surface area contributed by atoms with Gasteiger partial charge in [-0.15, -0.1) is 11.3 Å². The summed E-state index contributed by atoms with van der Waals surface area (Å²) in [6.45, 7) is 0. The summed E-state index contributed by atoms with van der Waals surface area (Å²) in [6.07, 6.45) is 0. The first kappa shape index (κ1) is 24.5. The third-order valence-corrected chi connectivity index (χ3v) is 12.3. The Labute approximate surface area is 274 Å². The van der Waals surface area contributed by atoms with Gasteiger partial charge in [0.25, 0.3) is 0 Å². The molecule has 0 radical (unpaired) electrons. The number of aromatic nitrogens is 1. The Balaban J connectivity index is 1.19. The molecule has 10 aromatic rings. The van der Waals surface area contributed by atoms with Crippen LogP contribution in [0.3, 0.4) is 0 Å². The van der Waals surface area contributed by atoms with Gasteiger partial charge in [0.05, 0.1) is 16.4 Å². The predicted molar refractivity (Wildman–Crippen MR) is 198 cm³/mol. The average molecular weight is 612 g/mol. The van der Waals surface area contributed by atoms with Crippen molar-refractivity contribution in [1.29, 1.82) is 0 Å². The minimum absolute atomic E-state index is 0.337. The van der Waals surface area contributed by atoms with Crippen molar-refractivity contribution in [2.75, 3.05) is 0 Å². The normalized spacial score (nSPS) is 14.1. The van der Waals surface area contributed by atoms with Gasteiger partial charge in [-0.05, 0) is 79.0 Å². The van der Waals surface area contributed by atoms with E-state index in [2.05, 4.69) is 156 Å². The summed E-state index contributed by atoms with van der Waals surface area (Å²) in [6, 6.07) is 57.2. The van der Waals surface area contributed by atoms with Gasteiger partial charge < -0.3 is 0 Å². The molecule has 216 valence electrons. The number of benzene rings is 7. The van der Waals surface area contributed by atoms with E-state index in [-0.39, 0.29) is 5.41 Å². The molecular weight excluding hydrogens is 587 g/mol. The van der Waals surface area contributed by atoms with Crippen molar-refractivity contribution in [3.8, 4) is 32.7 Å². The summed E-state index contributed by atoms with van der Waals surface area (Å²) >= 11 is 1.92. The van der Waals surface area contributed by atoms with Gasteiger partial charge in [0.2, 0.25) is 0 Å². The van der Waals surface area contributed by atoms with Crippen molar-refractivity contribution in [2.24, 2.45) is 0 Å². The van der Waals surface area contributed by atoms with Crippen LogP contribution in [0.5, 0.6) is 0 Å². The lowest BCUT2D eigenvalue weighted by Crippen LogP contribution is -2.25. The minimum atomic E-state index is -0.337. The maximum atomic E-state index is 2.54. The number of thiophene rings is 1. The molecular formula is C45H25NS. The fraction of sp³-hybridized carbons (Fsp3) is 0.0222. The fourth-order valence-corrected chi connectivity index (χ4v) is 10.6. The molecule has 0 atom stereocenters. The highest BCUT2D eigenvalue weighted by Crippen LogP contribution is 2.63. The van der Waals surface area contributed by atoms with Crippen LogP contribution in [-0.2, 0) is 5.41 Å². The summed E-state index contributed by atoms with van der Waals surface area (Å²) in [7, 11) is 0. The molecule has 2 aliphatic carbocycles. The lowest BCUT2D eigenvalue weighted by Gasteiger charge is -2.30. The van der Waals surface area contributed by atoms with Crippen molar-refractivity contribution in [3.05, 3.63) is 174 Å². The topological polar surface area (TPSA) is 4.41 Å². The van der Waals surface area contributed by atoms with Crippen LogP contribution in [0.1, 0.15) is 22.3 Å². The summed E-state index contributed by atoms with van der Waals surface area (Å²) in [5, 5.41) is 7.97. The summed E-state index contributed by atoms with van der Waals surface area (Å²) in [5.74, 6) is 0. The molecule has 0 fully saturated rings. The van der Waals surface area contributed by atoms with Gasteiger partial charge in [0, 0.05) is 26.4 Å². The maximum absolute atomic E-state index is 2.54. The van der Waals surface area contributed by atoms with Crippen molar-refractivity contribution in [1.82, 2.24) is 4.40 Å². The van der Waals surface area contributed by atoms with Gasteiger partial charge in [-0.2, -0.15) is 0 Å². The Hall–Kier alpha value is -5.70. The van der Waals surface area contributed by atoms with E-state index in [0.29, 0.717) is 0 Å². The Morgan fingerprint density at radius 2 is 1.09 bits per heavy atom. The zero-order valence-electron chi connectivity index (χ0n) is 25.3. The van der Waals surface area contributed by atoms with Crippen LogP contribution >= 0.6 is 11.3 Å². The zero-order valence-corrected chi connectivity index (χ0v) is 26.1. The second kappa shape index (κ2) is 8.36. The molecule has 3 heterocycles. The largest absolute Gasteiger partial charge is 0.299 e. The number of fused-ring (bicyclic) bond motifs is 16. The number of para-hydroxylation sites is 1. The molecule has 12 rings (SSSR count). The van der Waals surface area contributed by atoms with Crippen LogP contribution in [0.15, 0.2) is 152 Å². The highest BCUT2D eigenvalue weighted by molar-refractivity contribution is 7.22. The van der Waals surface area contributed by atoms with Crippen LogP contribution in [0.2, 0.25) is 0 Å². The van der Waals surface area contributed by atoms with Crippen molar-refractivity contribution in [2.45, 2.75) is 5.41 Å². The average Bonchev–Trinajstić information content (AvgIpc) is 3.87. The molecule has 7 aromatic carbocycles. The van der Waals surface area contributed by atoms with Crippen molar-refractivity contribution >= 4 is 59.5 Å². The minimum Gasteiger partial charge on any atom is -0.299 e. The number of hydrogen-bond donors (Lipinski definition) is 0. The fourth-order valence-electron chi connectivity index (χ4n) is 9.39. The first-order valence-corrected chi connectivity index (χ1v) is 17.2. The van der Waals surface area contributed by atoms with Crippen LogP contribution in [0.25, 0.3) is 80.9 Å². The molecule has 0 saturated carbocycles. The van der Waals surface area contributed by atoms with E-state index >= 15 is 0 Å². The Kier molecular flexibility index (Phi) is 4.36. The smallest absolute Gasteiger partial charge is 0.109 e. The van der Waals surface area contributed by atoms with Gasteiger partial charge in [-0.1, -0.05) is 133 Å². The van der Waals surface area contributed by atoms with Gasteiger partial charge in [0.1, 0.15) is 4.83 Å². The van der Waals surface area contributed by atoms with E-state index in [4.69, 9.17) is 0 Å². The molecule has 0 aliphatic heterocycles. The van der Waals surface area contributed by atoms with E-state index in [9.17, 15) is 0 Å². The Morgan fingerprint density at radius 1 is 0.447 bits per heavy atom. The molecule has 47 heavy (non-hydrogen) atoms. The van der Waals surface area contributed by atoms with Gasteiger partial charge in [-0.25, -0.2) is 0 Å². The van der Waals surface area contributed by atoms with Crippen LogP contribution < -0.4 is 0 Å². The monoisotopic (exact) mass is 611 g/mol. The van der Waals surface area contributed by atoms with E-state index in [1.807, 2.05) is 11.3 Å². The Morgan fingerprint density at radius 3 is 1.83 bits per heavy atom.